The summed E-state index contributed by atoms with van der Waals surface area (Å²) >= 11 is 3.59. The molecule has 1 heterocycles. The van der Waals surface area contributed by atoms with Crippen molar-refractivity contribution in [2.45, 2.75) is 50.7 Å². The molecule has 1 aromatic carbocycles. The summed E-state index contributed by atoms with van der Waals surface area (Å²) in [6, 6.07) is 7.93. The van der Waals surface area contributed by atoms with E-state index in [1.54, 1.807) is 7.11 Å². The van der Waals surface area contributed by atoms with Gasteiger partial charge in [-0.3, -0.25) is 4.90 Å². The average molecular weight is 353 g/mol. The molecule has 1 aliphatic carbocycles. The second-order valence-corrected chi connectivity index (χ2v) is 7.13. The fourth-order valence-electron chi connectivity index (χ4n) is 3.19. The van der Waals surface area contributed by atoms with Crippen LogP contribution < -0.4 is 10.1 Å². The minimum Gasteiger partial charge on any atom is -0.496 e. The maximum absolute atomic E-state index is 5.32. The molecule has 1 saturated heterocycles. The topological polar surface area (TPSA) is 24.5 Å². The van der Waals surface area contributed by atoms with Gasteiger partial charge in [0.15, 0.2) is 0 Å². The molecule has 2 fully saturated rings. The van der Waals surface area contributed by atoms with Gasteiger partial charge < -0.3 is 10.1 Å². The maximum Gasteiger partial charge on any atom is 0.133 e. The molecule has 1 unspecified atom stereocenters. The van der Waals surface area contributed by atoms with E-state index >= 15 is 0 Å². The standard InChI is InChI=1S/C17H25BrN2O/c1-21-17-8-5-13(10-16(17)18)11-20(15-6-7-15)12-14-4-2-3-9-19-14/h5,8,10,14-15,19H,2-4,6-7,9,11-12H2,1H3. The van der Waals surface area contributed by atoms with Crippen LogP contribution in [-0.4, -0.2) is 37.2 Å². The van der Waals surface area contributed by atoms with Crippen molar-refractivity contribution in [3.8, 4) is 5.75 Å². The van der Waals surface area contributed by atoms with Crippen LogP contribution in [0.4, 0.5) is 0 Å². The van der Waals surface area contributed by atoms with E-state index in [0.717, 1.165) is 22.8 Å². The van der Waals surface area contributed by atoms with E-state index in [-0.39, 0.29) is 0 Å². The lowest BCUT2D eigenvalue weighted by Gasteiger charge is -2.30. The van der Waals surface area contributed by atoms with E-state index in [1.807, 2.05) is 0 Å². The van der Waals surface area contributed by atoms with Crippen LogP contribution in [0.1, 0.15) is 37.7 Å². The van der Waals surface area contributed by atoms with Crippen molar-refractivity contribution in [1.29, 1.82) is 0 Å². The van der Waals surface area contributed by atoms with Crippen LogP contribution in [0.2, 0.25) is 0 Å². The number of halogens is 1. The Morgan fingerprint density at radius 1 is 1.29 bits per heavy atom. The first-order valence-corrected chi connectivity index (χ1v) is 8.85. The highest BCUT2D eigenvalue weighted by molar-refractivity contribution is 9.10. The lowest BCUT2D eigenvalue weighted by Crippen LogP contribution is -2.44. The molecule has 21 heavy (non-hydrogen) atoms. The minimum atomic E-state index is 0.682. The summed E-state index contributed by atoms with van der Waals surface area (Å²) in [7, 11) is 1.71. The fraction of sp³-hybridized carbons (Fsp3) is 0.647. The Bertz CT molecular complexity index is 470. The number of hydrogen-bond acceptors (Lipinski definition) is 3. The van der Waals surface area contributed by atoms with Crippen LogP contribution >= 0.6 is 15.9 Å². The molecule has 0 amide bonds. The number of benzene rings is 1. The second kappa shape index (κ2) is 7.12. The lowest BCUT2D eigenvalue weighted by molar-refractivity contribution is 0.208. The molecule has 1 saturated carbocycles. The molecule has 1 N–H and O–H groups in total. The molecule has 0 radical (unpaired) electrons. The number of nitrogens with zero attached hydrogens (tertiary/aromatic N) is 1. The number of ether oxygens (including phenoxy) is 1. The second-order valence-electron chi connectivity index (χ2n) is 6.28. The maximum atomic E-state index is 5.32. The highest BCUT2D eigenvalue weighted by atomic mass is 79.9. The zero-order valence-corrected chi connectivity index (χ0v) is 14.4. The molecule has 3 nitrogen and oxygen atoms in total. The molecule has 0 spiro atoms. The van der Waals surface area contributed by atoms with Crippen molar-refractivity contribution >= 4 is 15.9 Å². The lowest BCUT2D eigenvalue weighted by atomic mass is 10.0. The van der Waals surface area contributed by atoms with Gasteiger partial charge in [0.1, 0.15) is 5.75 Å². The van der Waals surface area contributed by atoms with Gasteiger partial charge in [0.25, 0.3) is 0 Å². The van der Waals surface area contributed by atoms with E-state index in [2.05, 4.69) is 44.3 Å². The van der Waals surface area contributed by atoms with Gasteiger partial charge >= 0.3 is 0 Å². The molecule has 1 aliphatic heterocycles. The quantitative estimate of drug-likeness (QED) is 0.846. The number of hydrogen-bond donors (Lipinski definition) is 1. The average Bonchev–Trinajstić information content (AvgIpc) is 3.32. The Kier molecular flexibility index (Phi) is 5.19. The molecule has 4 heteroatoms. The third-order valence-electron chi connectivity index (χ3n) is 4.53. The summed E-state index contributed by atoms with van der Waals surface area (Å²) in [6.07, 6.45) is 6.78. The molecule has 3 rings (SSSR count). The first-order valence-electron chi connectivity index (χ1n) is 8.06. The third-order valence-corrected chi connectivity index (χ3v) is 5.15. The summed E-state index contributed by atoms with van der Waals surface area (Å²) in [5.74, 6) is 0.908. The molecule has 0 bridgehead atoms. The van der Waals surface area contributed by atoms with E-state index < -0.39 is 0 Å². The fourth-order valence-corrected chi connectivity index (χ4v) is 3.78. The SMILES string of the molecule is COc1ccc(CN(CC2CCCCN2)C2CC2)cc1Br. The summed E-state index contributed by atoms with van der Waals surface area (Å²) < 4.78 is 6.37. The molecule has 0 aromatic heterocycles. The van der Waals surface area contributed by atoms with Crippen molar-refractivity contribution in [2.75, 3.05) is 20.2 Å². The third kappa shape index (κ3) is 4.21. The minimum absolute atomic E-state index is 0.682. The Labute approximate surface area is 136 Å². The first-order chi connectivity index (χ1) is 10.3. The van der Waals surface area contributed by atoms with E-state index in [1.165, 1.54) is 50.8 Å². The number of rotatable bonds is 6. The van der Waals surface area contributed by atoms with Gasteiger partial charge in [0.05, 0.1) is 11.6 Å². The molecular formula is C17H25BrN2O. The zero-order valence-electron chi connectivity index (χ0n) is 12.8. The largest absolute Gasteiger partial charge is 0.496 e. The Balaban J connectivity index is 1.63. The van der Waals surface area contributed by atoms with E-state index in [4.69, 9.17) is 4.74 Å². The predicted octanol–water partition coefficient (Wildman–Crippen LogP) is 3.56. The summed E-state index contributed by atoms with van der Waals surface area (Å²) in [6.45, 7) is 3.43. The number of piperidine rings is 1. The van der Waals surface area contributed by atoms with Gasteiger partial charge in [0.2, 0.25) is 0 Å². The van der Waals surface area contributed by atoms with Crippen LogP contribution in [0.5, 0.6) is 5.75 Å². The van der Waals surface area contributed by atoms with Crippen LogP contribution in [0.25, 0.3) is 0 Å². The van der Waals surface area contributed by atoms with Crippen molar-refractivity contribution < 1.29 is 4.74 Å². The van der Waals surface area contributed by atoms with Crippen LogP contribution in [-0.2, 0) is 6.54 Å². The molecule has 116 valence electrons. The highest BCUT2D eigenvalue weighted by Gasteiger charge is 2.30. The van der Waals surface area contributed by atoms with Gasteiger partial charge in [-0.25, -0.2) is 0 Å². The van der Waals surface area contributed by atoms with Gasteiger partial charge in [-0.05, 0) is 65.9 Å². The van der Waals surface area contributed by atoms with Crippen LogP contribution in [0.3, 0.4) is 0 Å². The molecule has 1 atom stereocenters. The number of methoxy groups -OCH3 is 1. The Hall–Kier alpha value is -0.580. The molecule has 2 aliphatic rings. The van der Waals surface area contributed by atoms with Crippen LogP contribution in [0, 0.1) is 0 Å². The Morgan fingerprint density at radius 3 is 2.76 bits per heavy atom. The monoisotopic (exact) mass is 352 g/mol. The van der Waals surface area contributed by atoms with Crippen LogP contribution in [0.15, 0.2) is 22.7 Å². The number of nitrogens with one attached hydrogen (secondary N) is 1. The Morgan fingerprint density at radius 2 is 2.14 bits per heavy atom. The molecular weight excluding hydrogens is 328 g/mol. The van der Waals surface area contributed by atoms with Gasteiger partial charge in [-0.1, -0.05) is 12.5 Å². The van der Waals surface area contributed by atoms with Gasteiger partial charge in [0, 0.05) is 25.2 Å². The van der Waals surface area contributed by atoms with E-state index in [0.29, 0.717) is 6.04 Å². The predicted molar refractivity (Wildman–Crippen MR) is 89.8 cm³/mol. The van der Waals surface area contributed by atoms with Gasteiger partial charge in [-0.15, -0.1) is 0 Å². The van der Waals surface area contributed by atoms with E-state index in [9.17, 15) is 0 Å². The molecule has 1 aromatic rings. The van der Waals surface area contributed by atoms with Crippen molar-refractivity contribution in [3.05, 3.63) is 28.2 Å². The highest BCUT2D eigenvalue weighted by Crippen LogP contribution is 2.31. The normalized spacial score (nSPS) is 22.5. The first kappa shape index (κ1) is 15.3. The van der Waals surface area contributed by atoms with Crippen molar-refractivity contribution in [3.63, 3.8) is 0 Å². The zero-order chi connectivity index (χ0) is 14.7. The summed E-state index contributed by atoms with van der Waals surface area (Å²) in [5.41, 5.74) is 1.37. The summed E-state index contributed by atoms with van der Waals surface area (Å²) in [5, 5.41) is 3.68. The van der Waals surface area contributed by atoms with Crippen molar-refractivity contribution in [1.82, 2.24) is 10.2 Å². The van der Waals surface area contributed by atoms with Crippen molar-refractivity contribution in [2.24, 2.45) is 0 Å². The van der Waals surface area contributed by atoms with Gasteiger partial charge in [-0.2, -0.15) is 0 Å². The summed E-state index contributed by atoms with van der Waals surface area (Å²) in [4.78, 5) is 2.66. The smallest absolute Gasteiger partial charge is 0.133 e.